The van der Waals surface area contributed by atoms with Crippen LogP contribution in [0.3, 0.4) is 0 Å². The minimum absolute atomic E-state index is 0.00126. The molecule has 0 saturated heterocycles. The highest BCUT2D eigenvalue weighted by molar-refractivity contribution is 5.76. The van der Waals surface area contributed by atoms with Crippen LogP contribution in [-0.4, -0.2) is 47.4 Å². The zero-order valence-electron chi connectivity index (χ0n) is 48.7. The topological polar surface area (TPSA) is 95.9 Å². The van der Waals surface area contributed by atoms with Gasteiger partial charge in [-0.3, -0.25) is 9.59 Å². The molecule has 0 rings (SSSR count). The second kappa shape index (κ2) is 61.9. The van der Waals surface area contributed by atoms with E-state index in [1.807, 2.05) is 0 Å². The minimum Gasteiger partial charge on any atom is -0.466 e. The van der Waals surface area contributed by atoms with Gasteiger partial charge in [0.05, 0.1) is 25.4 Å². The van der Waals surface area contributed by atoms with E-state index in [1.165, 1.54) is 283 Å². The van der Waals surface area contributed by atoms with Gasteiger partial charge in [-0.2, -0.15) is 0 Å². The number of nitrogens with one attached hydrogen (secondary N) is 1. The van der Waals surface area contributed by atoms with Crippen molar-refractivity contribution in [2.75, 3.05) is 13.2 Å². The number of amides is 1. The van der Waals surface area contributed by atoms with Gasteiger partial charge in [-0.05, 0) is 77.0 Å². The van der Waals surface area contributed by atoms with Crippen LogP contribution < -0.4 is 5.32 Å². The number of aliphatic hydroxyl groups excluding tert-OH is 2. The second-order valence-corrected chi connectivity index (χ2v) is 22.4. The van der Waals surface area contributed by atoms with E-state index in [9.17, 15) is 19.8 Å². The SMILES string of the molecule is CCCCC/C=C\CCCCCCCC(=O)OCCCCCCCCCCCC/C=C\CCCCCCCCCC(=O)NC(CO)C(O)CCCCCCCCCCCCCCCCCCCCCCCC. The number of esters is 1. The van der Waals surface area contributed by atoms with Gasteiger partial charge in [0.25, 0.3) is 0 Å². The predicted molar refractivity (Wildman–Crippen MR) is 315 cm³/mol. The lowest BCUT2D eigenvalue weighted by molar-refractivity contribution is -0.143. The highest BCUT2D eigenvalue weighted by Crippen LogP contribution is 2.18. The summed E-state index contributed by atoms with van der Waals surface area (Å²) in [7, 11) is 0. The number of rotatable bonds is 61. The van der Waals surface area contributed by atoms with Gasteiger partial charge >= 0.3 is 5.97 Å². The summed E-state index contributed by atoms with van der Waals surface area (Å²) < 4.78 is 5.46. The molecule has 6 heteroatoms. The van der Waals surface area contributed by atoms with Crippen molar-refractivity contribution >= 4 is 11.9 Å². The predicted octanol–water partition coefficient (Wildman–Crippen LogP) is 20.6. The monoisotopic (exact) mass is 1010 g/mol. The van der Waals surface area contributed by atoms with Crippen molar-refractivity contribution in [3.05, 3.63) is 24.3 Å². The van der Waals surface area contributed by atoms with Crippen molar-refractivity contribution in [1.29, 1.82) is 0 Å². The molecule has 0 aliphatic heterocycles. The number of aliphatic hydroxyl groups is 2. The maximum absolute atomic E-state index is 12.5. The highest BCUT2D eigenvalue weighted by Gasteiger charge is 2.20. The smallest absolute Gasteiger partial charge is 0.305 e. The Bertz CT molecular complexity index is 1120. The van der Waals surface area contributed by atoms with Crippen LogP contribution in [0.25, 0.3) is 0 Å². The molecule has 1 amide bonds. The number of hydrogen-bond acceptors (Lipinski definition) is 5. The molecule has 0 saturated carbocycles. The normalized spacial score (nSPS) is 12.7. The number of ether oxygens (including phenoxy) is 1. The lowest BCUT2D eigenvalue weighted by atomic mass is 10.0. The number of hydrogen-bond donors (Lipinski definition) is 3. The van der Waals surface area contributed by atoms with Gasteiger partial charge in [0, 0.05) is 12.8 Å². The maximum Gasteiger partial charge on any atom is 0.305 e. The molecule has 0 fully saturated rings. The molecule has 0 radical (unpaired) electrons. The minimum atomic E-state index is -0.670. The van der Waals surface area contributed by atoms with Gasteiger partial charge in [-0.25, -0.2) is 0 Å². The summed E-state index contributed by atoms with van der Waals surface area (Å²) in [6.07, 6.45) is 76.2. The Morgan fingerprint density at radius 3 is 1.01 bits per heavy atom. The van der Waals surface area contributed by atoms with Gasteiger partial charge in [0.2, 0.25) is 5.91 Å². The fourth-order valence-corrected chi connectivity index (χ4v) is 10.2. The van der Waals surface area contributed by atoms with E-state index >= 15 is 0 Å². The fraction of sp³-hybridized carbons (Fsp3) is 0.909. The van der Waals surface area contributed by atoms with Crippen molar-refractivity contribution in [3.8, 4) is 0 Å². The first-order valence-electron chi connectivity index (χ1n) is 32.6. The third-order valence-corrected chi connectivity index (χ3v) is 15.2. The van der Waals surface area contributed by atoms with Crippen LogP contribution >= 0.6 is 0 Å². The molecule has 6 nitrogen and oxygen atoms in total. The summed E-state index contributed by atoms with van der Waals surface area (Å²) in [5, 5.41) is 23.4. The van der Waals surface area contributed by atoms with Crippen LogP contribution in [0.1, 0.15) is 361 Å². The van der Waals surface area contributed by atoms with Crippen molar-refractivity contribution in [2.24, 2.45) is 0 Å². The van der Waals surface area contributed by atoms with Crippen molar-refractivity contribution in [1.82, 2.24) is 5.32 Å². The third-order valence-electron chi connectivity index (χ3n) is 15.2. The Morgan fingerprint density at radius 1 is 0.375 bits per heavy atom. The van der Waals surface area contributed by atoms with E-state index in [2.05, 4.69) is 43.5 Å². The molecule has 0 aromatic heterocycles. The molecular formula is C66H127NO5. The quantitative estimate of drug-likeness (QED) is 0.0320. The molecule has 2 atom stereocenters. The standard InChI is InChI=1S/C66H127NO5/c1-3-5-7-9-11-13-15-17-18-19-20-21-23-26-29-32-35-38-42-46-50-54-58-64(69)63(62-68)67-65(70)59-55-51-47-43-39-36-33-30-27-24-22-25-28-31-34-37-41-45-49-53-57-61-72-66(71)60-56-52-48-44-40-16-14-12-10-8-6-4-2/h12,14,24,27,63-64,68-69H,3-11,13,15-23,25-26,28-62H2,1-2H3,(H,67,70)/b14-12-,27-24-. The molecule has 2 unspecified atom stereocenters. The molecule has 0 heterocycles. The summed E-state index contributed by atoms with van der Waals surface area (Å²) in [6.45, 7) is 4.95. The van der Waals surface area contributed by atoms with Crippen LogP contribution in [0.2, 0.25) is 0 Å². The molecule has 72 heavy (non-hydrogen) atoms. The second-order valence-electron chi connectivity index (χ2n) is 22.4. The Labute approximate surface area is 450 Å². The average Bonchev–Trinajstić information content (AvgIpc) is 3.38. The Morgan fingerprint density at radius 2 is 0.653 bits per heavy atom. The van der Waals surface area contributed by atoms with Crippen molar-refractivity contribution in [2.45, 2.75) is 373 Å². The Balaban J connectivity index is 3.43. The van der Waals surface area contributed by atoms with Crippen LogP contribution in [0, 0.1) is 0 Å². The van der Waals surface area contributed by atoms with E-state index in [0.717, 1.165) is 44.9 Å². The summed E-state index contributed by atoms with van der Waals surface area (Å²) >= 11 is 0. The summed E-state index contributed by atoms with van der Waals surface area (Å²) in [5.74, 6) is -0.0404. The highest BCUT2D eigenvalue weighted by atomic mass is 16.5. The number of unbranched alkanes of at least 4 members (excludes halogenated alkanes) is 46. The summed E-state index contributed by atoms with van der Waals surface area (Å²) in [5.41, 5.74) is 0. The first kappa shape index (κ1) is 70.3. The lowest BCUT2D eigenvalue weighted by Crippen LogP contribution is -2.45. The van der Waals surface area contributed by atoms with Crippen LogP contribution in [0.15, 0.2) is 24.3 Å². The first-order valence-corrected chi connectivity index (χ1v) is 32.6. The first-order chi connectivity index (χ1) is 35.5. The lowest BCUT2D eigenvalue weighted by Gasteiger charge is -2.22. The van der Waals surface area contributed by atoms with Gasteiger partial charge in [0.1, 0.15) is 0 Å². The number of carbonyl (C=O) groups is 2. The fourth-order valence-electron chi connectivity index (χ4n) is 10.2. The maximum atomic E-state index is 12.5. The molecule has 0 aliphatic carbocycles. The third kappa shape index (κ3) is 57.6. The van der Waals surface area contributed by atoms with Crippen molar-refractivity contribution < 1.29 is 24.5 Å². The van der Waals surface area contributed by atoms with E-state index in [-0.39, 0.29) is 18.5 Å². The summed E-state index contributed by atoms with van der Waals surface area (Å²) in [4.78, 5) is 24.5. The largest absolute Gasteiger partial charge is 0.466 e. The zero-order chi connectivity index (χ0) is 52.2. The van der Waals surface area contributed by atoms with Gasteiger partial charge in [-0.1, -0.05) is 295 Å². The average molecular weight is 1010 g/mol. The van der Waals surface area contributed by atoms with Gasteiger partial charge < -0.3 is 20.3 Å². The summed E-state index contributed by atoms with van der Waals surface area (Å²) in [6, 6.07) is -0.548. The van der Waals surface area contributed by atoms with E-state index in [0.29, 0.717) is 25.9 Å². The molecule has 3 N–H and O–H groups in total. The van der Waals surface area contributed by atoms with Crippen molar-refractivity contribution in [3.63, 3.8) is 0 Å². The molecule has 0 aromatic carbocycles. The zero-order valence-corrected chi connectivity index (χ0v) is 48.7. The molecule has 426 valence electrons. The number of allylic oxidation sites excluding steroid dienone is 4. The Hall–Kier alpha value is -1.66. The molecule has 0 aromatic rings. The van der Waals surface area contributed by atoms with E-state index < -0.39 is 12.1 Å². The van der Waals surface area contributed by atoms with E-state index in [1.54, 1.807) is 0 Å². The van der Waals surface area contributed by atoms with Crippen LogP contribution in [0.4, 0.5) is 0 Å². The molecular weight excluding hydrogens is 887 g/mol. The van der Waals surface area contributed by atoms with Crippen LogP contribution in [-0.2, 0) is 14.3 Å². The van der Waals surface area contributed by atoms with Gasteiger partial charge in [-0.15, -0.1) is 0 Å². The van der Waals surface area contributed by atoms with E-state index in [4.69, 9.17) is 4.74 Å². The van der Waals surface area contributed by atoms with Gasteiger partial charge in [0.15, 0.2) is 0 Å². The molecule has 0 bridgehead atoms. The Kier molecular flexibility index (Phi) is 60.5. The van der Waals surface area contributed by atoms with Crippen LogP contribution in [0.5, 0.6) is 0 Å². The molecule has 0 spiro atoms. The number of carbonyl (C=O) groups excluding carboxylic acids is 2. The molecule has 0 aliphatic rings.